The van der Waals surface area contributed by atoms with E-state index in [1.165, 1.54) is 24.3 Å². The molecule has 0 aliphatic heterocycles. The minimum atomic E-state index is -7.81. The minimum absolute atomic E-state index is 0.0562. The highest BCUT2D eigenvalue weighted by atomic mass is 19.4. The van der Waals surface area contributed by atoms with Gasteiger partial charge in [0.05, 0.1) is 5.56 Å². The van der Waals surface area contributed by atoms with Gasteiger partial charge in [-0.25, -0.2) is 0 Å². The predicted octanol–water partition coefficient (Wildman–Crippen LogP) is 12.0. The number of hydrogen-bond acceptors (Lipinski definition) is 2. The molecule has 0 spiro atoms. The highest BCUT2D eigenvalue weighted by Crippen LogP contribution is 2.58. The molecule has 13 heteroatoms. The summed E-state index contributed by atoms with van der Waals surface area (Å²) in [6.45, 7) is 0. The van der Waals surface area contributed by atoms with Gasteiger partial charge in [0, 0.05) is 5.56 Å². The maximum atomic E-state index is 15.2. The van der Waals surface area contributed by atoms with Crippen LogP contribution >= 0.6 is 0 Å². The van der Waals surface area contributed by atoms with Gasteiger partial charge in [-0.3, -0.25) is 4.79 Å². The van der Waals surface area contributed by atoms with Crippen LogP contribution in [0.2, 0.25) is 0 Å². The van der Waals surface area contributed by atoms with Gasteiger partial charge in [-0.2, -0.15) is 48.3 Å². The van der Waals surface area contributed by atoms with Gasteiger partial charge < -0.3 is 5.11 Å². The molecule has 262 valence electrons. The van der Waals surface area contributed by atoms with Crippen LogP contribution in [-0.4, -0.2) is 40.8 Å². The van der Waals surface area contributed by atoms with E-state index in [9.17, 15) is 49.4 Å². The summed E-state index contributed by atoms with van der Waals surface area (Å²) in [5.41, 5.74) is 0.417. The van der Waals surface area contributed by atoms with Gasteiger partial charge in [0.15, 0.2) is 0 Å². The summed E-state index contributed by atoms with van der Waals surface area (Å²) >= 11 is 0. The average Bonchev–Trinajstić information content (AvgIpc) is 3.10. The fourth-order valence-electron chi connectivity index (χ4n) is 5.85. The number of Topliss-reactive ketones (excluding diaryl/α,β-unsaturated/α-hetero) is 1. The van der Waals surface area contributed by atoms with Crippen LogP contribution in [-0.2, 0) is 0 Å². The number of carbonyl (C=O) groups is 1. The lowest BCUT2D eigenvalue weighted by atomic mass is 9.86. The molecule has 0 heterocycles. The molecule has 0 aromatic heterocycles. The average molecular weight is 719 g/mol. The number of halogens is 11. The largest absolute Gasteiger partial charge is 0.507 e. The van der Waals surface area contributed by atoms with Crippen molar-refractivity contribution in [2.45, 2.75) is 29.9 Å². The number of phenols is 1. The smallest absolute Gasteiger partial charge is 0.460 e. The molecule has 0 saturated heterocycles. The third-order valence-corrected chi connectivity index (χ3v) is 8.55. The zero-order valence-electron chi connectivity index (χ0n) is 25.6. The lowest BCUT2D eigenvalue weighted by Gasteiger charge is -2.36. The topological polar surface area (TPSA) is 37.3 Å². The lowest BCUT2D eigenvalue weighted by Crippen LogP contribution is -2.68. The Bertz CT molecular complexity index is 2280. The summed E-state index contributed by atoms with van der Waals surface area (Å²) < 4.78 is 154. The molecule has 1 N–H and O–H groups in total. The summed E-state index contributed by atoms with van der Waals surface area (Å²) in [7, 11) is 0. The second kappa shape index (κ2) is 12.1. The molecule has 6 aromatic carbocycles. The lowest BCUT2D eigenvalue weighted by molar-refractivity contribution is -0.415. The minimum Gasteiger partial charge on any atom is -0.507 e. The van der Waals surface area contributed by atoms with Crippen molar-refractivity contribution in [1.29, 1.82) is 0 Å². The van der Waals surface area contributed by atoms with Crippen LogP contribution in [0.25, 0.3) is 54.9 Å². The van der Waals surface area contributed by atoms with E-state index >= 15 is 8.78 Å². The summed E-state index contributed by atoms with van der Waals surface area (Å²) in [6.07, 6.45) is -7.40. The third-order valence-electron chi connectivity index (χ3n) is 8.55. The Kier molecular flexibility index (Phi) is 8.39. The maximum Gasteiger partial charge on any atom is 0.460 e. The second-order valence-electron chi connectivity index (χ2n) is 11.7. The van der Waals surface area contributed by atoms with E-state index in [4.69, 9.17) is 0 Å². The molecule has 0 radical (unpaired) electrons. The number of rotatable bonds is 8. The zero-order valence-corrected chi connectivity index (χ0v) is 25.6. The van der Waals surface area contributed by atoms with Crippen LogP contribution in [0.15, 0.2) is 121 Å². The Labute approximate surface area is 281 Å². The van der Waals surface area contributed by atoms with E-state index in [1.807, 2.05) is 12.1 Å². The quantitative estimate of drug-likeness (QED) is 0.126. The first-order valence-corrected chi connectivity index (χ1v) is 14.9. The molecule has 51 heavy (non-hydrogen) atoms. The van der Waals surface area contributed by atoms with Crippen molar-refractivity contribution in [2.24, 2.45) is 0 Å². The van der Waals surface area contributed by atoms with Gasteiger partial charge in [0.25, 0.3) is 0 Å². The number of benzene rings is 6. The standard InChI is InChI=1S/C38H21F11O2/c39-34(40,35(41,42)36(43,44)37(45,46)38(47,48)49)33(51)30-20-26-19-24(22-10-5-2-6-11-22)15-17-28(26)31(32(30)50)29-13-7-12-25-18-23(14-16-27(25)29)21-8-3-1-4-9-21/h1-20,50H. The number of fused-ring (bicyclic) bond motifs is 2. The summed E-state index contributed by atoms with van der Waals surface area (Å²) in [5.74, 6) is -34.7. The number of ketones is 1. The SMILES string of the molecule is O=C(c1cc2cc(-c3ccccc3)ccc2c(-c2cccc3cc(-c4ccccc4)ccc23)c1O)C(F)(F)C(F)(F)C(F)(F)C(F)(F)C(F)(F)F. The predicted molar refractivity (Wildman–Crippen MR) is 170 cm³/mol. The normalized spacial score (nSPS) is 13.2. The van der Waals surface area contributed by atoms with E-state index in [0.717, 1.165) is 11.1 Å². The van der Waals surface area contributed by atoms with Gasteiger partial charge in [-0.05, 0) is 67.6 Å². The van der Waals surface area contributed by atoms with Crippen LogP contribution in [0.3, 0.4) is 0 Å². The van der Waals surface area contributed by atoms with Crippen molar-refractivity contribution >= 4 is 27.3 Å². The Morgan fingerprint density at radius 2 is 0.980 bits per heavy atom. The highest BCUT2D eigenvalue weighted by Gasteiger charge is 2.88. The van der Waals surface area contributed by atoms with Crippen molar-refractivity contribution in [1.82, 2.24) is 0 Å². The molecule has 0 amide bonds. The van der Waals surface area contributed by atoms with Crippen LogP contribution in [0.1, 0.15) is 10.4 Å². The van der Waals surface area contributed by atoms with Gasteiger partial charge in [0.2, 0.25) is 5.78 Å². The second-order valence-corrected chi connectivity index (χ2v) is 11.7. The Hall–Kier alpha value is -5.46. The van der Waals surface area contributed by atoms with E-state index in [1.54, 1.807) is 78.9 Å². The van der Waals surface area contributed by atoms with Crippen molar-refractivity contribution < 1.29 is 58.2 Å². The first kappa shape index (κ1) is 35.4. The fourth-order valence-corrected chi connectivity index (χ4v) is 5.85. The van der Waals surface area contributed by atoms with Gasteiger partial charge in [0.1, 0.15) is 5.75 Å². The summed E-state index contributed by atoms with van der Waals surface area (Å²) in [4.78, 5) is 13.2. The molecule has 0 aliphatic rings. The van der Waals surface area contributed by atoms with Crippen molar-refractivity contribution in [3.8, 4) is 39.1 Å². The van der Waals surface area contributed by atoms with Crippen LogP contribution < -0.4 is 0 Å². The third kappa shape index (κ3) is 5.55. The Morgan fingerprint density at radius 3 is 1.51 bits per heavy atom. The van der Waals surface area contributed by atoms with Crippen LogP contribution in [0, 0.1) is 0 Å². The number of aromatic hydroxyl groups is 1. The number of phenolic OH excluding ortho intramolecular Hbond substituents is 1. The molecule has 6 rings (SSSR count). The molecule has 0 unspecified atom stereocenters. The molecule has 2 nitrogen and oxygen atoms in total. The molecular formula is C38H21F11O2. The Balaban J connectivity index is 1.60. The number of carbonyl (C=O) groups excluding carboxylic acids is 1. The van der Waals surface area contributed by atoms with Crippen LogP contribution in [0.4, 0.5) is 48.3 Å². The van der Waals surface area contributed by atoms with Crippen LogP contribution in [0.5, 0.6) is 5.75 Å². The molecule has 6 aromatic rings. The first-order chi connectivity index (χ1) is 23.8. The van der Waals surface area contributed by atoms with E-state index in [-0.39, 0.29) is 16.3 Å². The molecule has 0 bridgehead atoms. The van der Waals surface area contributed by atoms with E-state index < -0.39 is 52.5 Å². The first-order valence-electron chi connectivity index (χ1n) is 14.9. The monoisotopic (exact) mass is 718 g/mol. The molecule has 0 fully saturated rings. The molecule has 0 atom stereocenters. The van der Waals surface area contributed by atoms with E-state index in [0.29, 0.717) is 28.0 Å². The van der Waals surface area contributed by atoms with Gasteiger partial charge in [-0.1, -0.05) is 103 Å². The number of alkyl halides is 11. The van der Waals surface area contributed by atoms with Gasteiger partial charge in [-0.15, -0.1) is 0 Å². The molecular weight excluding hydrogens is 697 g/mol. The summed E-state index contributed by atoms with van der Waals surface area (Å²) in [6, 6.07) is 31.6. The highest BCUT2D eigenvalue weighted by molar-refractivity contribution is 6.15. The molecule has 0 saturated carbocycles. The van der Waals surface area contributed by atoms with Gasteiger partial charge >= 0.3 is 29.9 Å². The van der Waals surface area contributed by atoms with E-state index in [2.05, 4.69) is 0 Å². The van der Waals surface area contributed by atoms with Crippen molar-refractivity contribution in [3.63, 3.8) is 0 Å². The maximum absolute atomic E-state index is 15.2. The van der Waals surface area contributed by atoms with Crippen molar-refractivity contribution in [3.05, 3.63) is 127 Å². The molecule has 0 aliphatic carbocycles. The van der Waals surface area contributed by atoms with Crippen molar-refractivity contribution in [2.75, 3.05) is 0 Å². The fraction of sp³-hybridized carbons (Fsp3) is 0.132. The number of hydrogen-bond donors (Lipinski definition) is 1. The summed E-state index contributed by atoms with van der Waals surface area (Å²) in [5, 5.41) is 12.2. The zero-order chi connectivity index (χ0) is 37.1. The Morgan fingerprint density at radius 1 is 0.471 bits per heavy atom.